The summed E-state index contributed by atoms with van der Waals surface area (Å²) in [6.45, 7) is 6.45. The van der Waals surface area contributed by atoms with Crippen LogP contribution in [-0.2, 0) is 21.0 Å². The van der Waals surface area contributed by atoms with Crippen LogP contribution in [0.4, 0.5) is 0 Å². The van der Waals surface area contributed by atoms with Gasteiger partial charge in [-0.3, -0.25) is 10.3 Å². The number of hydroxylamine groups is 1. The second-order valence-corrected chi connectivity index (χ2v) is 7.14. The molecule has 0 fully saturated rings. The van der Waals surface area contributed by atoms with Crippen LogP contribution < -0.4 is 10.2 Å². The van der Waals surface area contributed by atoms with Crippen molar-refractivity contribution in [3.63, 3.8) is 0 Å². The van der Waals surface area contributed by atoms with Gasteiger partial charge in [0.25, 0.3) is 0 Å². The van der Waals surface area contributed by atoms with Crippen molar-refractivity contribution in [1.29, 1.82) is 0 Å². The van der Waals surface area contributed by atoms with E-state index in [4.69, 9.17) is 18.7 Å². The Kier molecular flexibility index (Phi) is 8.05. The number of carbonyl (C=O) groups excluding carboxylic acids is 1. The number of nitrogens with one attached hydrogen (secondary N) is 1. The van der Waals surface area contributed by atoms with Crippen LogP contribution in [0.25, 0.3) is 17.0 Å². The Morgan fingerprint density at radius 2 is 1.81 bits per heavy atom. The molecule has 7 nitrogen and oxygen atoms in total. The molecule has 0 aliphatic heterocycles. The van der Waals surface area contributed by atoms with Gasteiger partial charge in [-0.15, -0.1) is 0 Å². The van der Waals surface area contributed by atoms with Gasteiger partial charge in [-0.05, 0) is 55.7 Å². The zero-order chi connectivity index (χ0) is 22.9. The number of hydrogen-bond donors (Lipinski definition) is 1. The van der Waals surface area contributed by atoms with Crippen molar-refractivity contribution in [3.8, 4) is 17.2 Å². The maximum atomic E-state index is 12.1. The Hall–Kier alpha value is -3.58. The van der Waals surface area contributed by atoms with Gasteiger partial charge in [0, 0.05) is 5.56 Å². The average molecular weight is 437 g/mol. The summed E-state index contributed by atoms with van der Waals surface area (Å²) in [5, 5.41) is 0. The lowest BCUT2D eigenvalue weighted by Gasteiger charge is -2.13. The number of carbonyl (C=O) groups is 1. The fourth-order valence-corrected chi connectivity index (χ4v) is 2.96. The highest BCUT2D eigenvalue weighted by Crippen LogP contribution is 2.24. The van der Waals surface area contributed by atoms with Gasteiger partial charge in [0.2, 0.25) is 5.89 Å². The van der Waals surface area contributed by atoms with Crippen molar-refractivity contribution in [2.24, 2.45) is 0 Å². The van der Waals surface area contributed by atoms with E-state index in [2.05, 4.69) is 10.5 Å². The molecule has 0 atom stereocenters. The van der Waals surface area contributed by atoms with Crippen molar-refractivity contribution >= 4 is 11.5 Å². The highest BCUT2D eigenvalue weighted by molar-refractivity contribution is 5.96. The van der Waals surface area contributed by atoms with Crippen LogP contribution in [-0.4, -0.2) is 24.7 Å². The van der Waals surface area contributed by atoms with Crippen LogP contribution in [0, 0.1) is 6.92 Å². The molecule has 0 aliphatic carbocycles. The first-order valence-electron chi connectivity index (χ1n) is 10.5. The largest absolute Gasteiger partial charge is 0.487 e. The standard InChI is InChI=1S/C25H28N2O5/c1-5-15-31-27-23(25(28)29-4)17(2)19-11-13-21(14-12-19)30-16-22-18(3)32-24(26-22)20-9-7-6-8-10-20/h6-14,27H,5,15-16H2,1-4H3. The number of nitrogens with zero attached hydrogens (tertiary/aromatic N) is 1. The molecule has 1 N–H and O–H groups in total. The molecule has 0 amide bonds. The monoisotopic (exact) mass is 436 g/mol. The highest BCUT2D eigenvalue weighted by atomic mass is 16.6. The number of ether oxygens (including phenoxy) is 2. The van der Waals surface area contributed by atoms with E-state index < -0.39 is 5.97 Å². The summed E-state index contributed by atoms with van der Waals surface area (Å²) >= 11 is 0. The molecule has 0 spiro atoms. The lowest BCUT2D eigenvalue weighted by atomic mass is 10.1. The van der Waals surface area contributed by atoms with Crippen molar-refractivity contribution in [2.75, 3.05) is 13.7 Å². The summed E-state index contributed by atoms with van der Waals surface area (Å²) in [5.41, 5.74) is 6.19. The van der Waals surface area contributed by atoms with E-state index in [9.17, 15) is 4.79 Å². The predicted octanol–water partition coefficient (Wildman–Crippen LogP) is 5.06. The van der Waals surface area contributed by atoms with Gasteiger partial charge in [0.15, 0.2) is 0 Å². The minimum absolute atomic E-state index is 0.265. The quantitative estimate of drug-likeness (QED) is 0.206. The minimum atomic E-state index is -0.491. The molecule has 1 heterocycles. The molecule has 0 saturated carbocycles. The van der Waals surface area contributed by atoms with Crippen LogP contribution in [0.1, 0.15) is 37.3 Å². The summed E-state index contributed by atoms with van der Waals surface area (Å²) in [6, 6.07) is 17.2. The molecule has 0 saturated heterocycles. The molecule has 3 aromatic rings. The maximum Gasteiger partial charge on any atom is 0.356 e. The summed E-state index contributed by atoms with van der Waals surface area (Å²) < 4.78 is 16.5. The van der Waals surface area contributed by atoms with Gasteiger partial charge in [-0.1, -0.05) is 37.3 Å². The van der Waals surface area contributed by atoms with E-state index in [1.54, 1.807) is 0 Å². The number of esters is 1. The van der Waals surface area contributed by atoms with Crippen LogP contribution in [0.5, 0.6) is 5.75 Å². The second kappa shape index (κ2) is 11.2. The van der Waals surface area contributed by atoms with Gasteiger partial charge in [0.1, 0.15) is 29.5 Å². The molecule has 2 aromatic carbocycles. The number of methoxy groups -OCH3 is 1. The summed E-state index contributed by atoms with van der Waals surface area (Å²) in [6.07, 6.45) is 0.824. The number of aromatic nitrogens is 1. The molecule has 0 unspecified atom stereocenters. The summed E-state index contributed by atoms with van der Waals surface area (Å²) in [5.74, 6) is 1.49. The van der Waals surface area contributed by atoms with Gasteiger partial charge >= 0.3 is 5.97 Å². The Balaban J connectivity index is 1.69. The minimum Gasteiger partial charge on any atom is -0.487 e. The molecular formula is C25H28N2O5. The number of hydrogen-bond acceptors (Lipinski definition) is 7. The average Bonchev–Trinajstić information content (AvgIpc) is 3.21. The first-order valence-corrected chi connectivity index (χ1v) is 10.5. The third kappa shape index (κ3) is 5.76. The van der Waals surface area contributed by atoms with Gasteiger partial charge < -0.3 is 13.9 Å². The molecule has 0 aliphatic rings. The van der Waals surface area contributed by atoms with Crippen LogP contribution in [0.2, 0.25) is 0 Å². The van der Waals surface area contributed by atoms with E-state index in [0.29, 0.717) is 23.8 Å². The van der Waals surface area contributed by atoms with E-state index in [0.717, 1.165) is 29.0 Å². The van der Waals surface area contributed by atoms with Gasteiger partial charge in [0.05, 0.1) is 13.7 Å². The number of benzene rings is 2. The zero-order valence-corrected chi connectivity index (χ0v) is 18.8. The van der Waals surface area contributed by atoms with Crippen molar-refractivity contribution < 1.29 is 23.5 Å². The third-order valence-corrected chi connectivity index (χ3v) is 4.82. The van der Waals surface area contributed by atoms with Crippen LogP contribution in [0.15, 0.2) is 64.7 Å². The van der Waals surface area contributed by atoms with Crippen molar-refractivity contribution in [3.05, 3.63) is 77.3 Å². The van der Waals surface area contributed by atoms with Crippen LogP contribution in [0.3, 0.4) is 0 Å². The molecule has 0 bridgehead atoms. The molecule has 32 heavy (non-hydrogen) atoms. The molecule has 7 heteroatoms. The van der Waals surface area contributed by atoms with E-state index >= 15 is 0 Å². The second-order valence-electron chi connectivity index (χ2n) is 7.14. The van der Waals surface area contributed by atoms with Crippen molar-refractivity contribution in [1.82, 2.24) is 10.5 Å². The Bertz CT molecular complexity index is 1060. The third-order valence-electron chi connectivity index (χ3n) is 4.82. The molecule has 0 radical (unpaired) electrons. The van der Waals surface area contributed by atoms with Gasteiger partial charge in [-0.2, -0.15) is 0 Å². The fraction of sp³-hybridized carbons (Fsp3) is 0.280. The smallest absolute Gasteiger partial charge is 0.356 e. The number of rotatable bonds is 10. The Morgan fingerprint density at radius 3 is 2.47 bits per heavy atom. The summed E-state index contributed by atoms with van der Waals surface area (Å²) in [7, 11) is 1.34. The van der Waals surface area contributed by atoms with Gasteiger partial charge in [-0.25, -0.2) is 9.78 Å². The normalized spacial score (nSPS) is 11.6. The van der Waals surface area contributed by atoms with Crippen LogP contribution >= 0.6 is 0 Å². The number of aryl methyl sites for hydroxylation is 1. The molecule has 3 rings (SSSR count). The Labute approximate surface area is 188 Å². The molecular weight excluding hydrogens is 408 g/mol. The number of allylic oxidation sites excluding steroid dienone is 1. The SMILES string of the molecule is CCCONC(C(=O)OC)=C(C)c1ccc(OCc2nc(-c3ccccc3)oc2C)cc1. The molecule has 168 valence electrons. The zero-order valence-electron chi connectivity index (χ0n) is 18.8. The van der Waals surface area contributed by atoms with E-state index in [1.165, 1.54) is 7.11 Å². The Morgan fingerprint density at radius 1 is 1.09 bits per heavy atom. The van der Waals surface area contributed by atoms with E-state index in [1.807, 2.05) is 75.4 Å². The maximum absolute atomic E-state index is 12.1. The highest BCUT2D eigenvalue weighted by Gasteiger charge is 2.16. The first-order chi connectivity index (χ1) is 15.5. The molecule has 1 aromatic heterocycles. The lowest BCUT2D eigenvalue weighted by Crippen LogP contribution is -2.23. The lowest BCUT2D eigenvalue weighted by molar-refractivity contribution is -0.138. The topological polar surface area (TPSA) is 82.8 Å². The fourth-order valence-electron chi connectivity index (χ4n) is 2.96. The van der Waals surface area contributed by atoms with E-state index in [-0.39, 0.29) is 12.3 Å². The predicted molar refractivity (Wildman–Crippen MR) is 121 cm³/mol. The first kappa shape index (κ1) is 23.1. The summed E-state index contributed by atoms with van der Waals surface area (Å²) in [4.78, 5) is 22.0. The van der Waals surface area contributed by atoms with Crippen molar-refractivity contribution in [2.45, 2.75) is 33.8 Å². The number of oxazole rings is 1.